The summed E-state index contributed by atoms with van der Waals surface area (Å²) in [6.45, 7) is 1.75. The summed E-state index contributed by atoms with van der Waals surface area (Å²) in [4.78, 5) is 14.0. The molecule has 1 amide bonds. The summed E-state index contributed by atoms with van der Waals surface area (Å²) in [7, 11) is 0. The zero-order valence-electron chi connectivity index (χ0n) is 11.4. The van der Waals surface area contributed by atoms with Crippen LogP contribution < -0.4 is 0 Å². The molecule has 2 aromatic rings. The van der Waals surface area contributed by atoms with Gasteiger partial charge in [0.25, 0.3) is 5.91 Å². The van der Waals surface area contributed by atoms with E-state index in [4.69, 9.17) is 0 Å². The fourth-order valence-electron chi connectivity index (χ4n) is 2.20. The van der Waals surface area contributed by atoms with E-state index in [2.05, 4.69) is 10.3 Å². The lowest BCUT2D eigenvalue weighted by atomic mass is 10.2. The van der Waals surface area contributed by atoms with Crippen LogP contribution in [0.25, 0.3) is 0 Å². The van der Waals surface area contributed by atoms with Crippen LogP contribution in [0.1, 0.15) is 16.1 Å². The standard InChI is InChI=1S/C14H15FN4OS/c15-12-4-2-1-3-11(12)9-19-10-13(16-17-19)14(20)18-5-7-21-8-6-18/h1-4,10H,5-9H2. The molecule has 1 aromatic heterocycles. The van der Waals surface area contributed by atoms with Crippen molar-refractivity contribution in [2.24, 2.45) is 0 Å². The van der Waals surface area contributed by atoms with Crippen molar-refractivity contribution in [2.75, 3.05) is 24.6 Å². The predicted octanol–water partition coefficient (Wildman–Crippen LogP) is 1.65. The molecule has 0 N–H and O–H groups in total. The van der Waals surface area contributed by atoms with Gasteiger partial charge in [-0.1, -0.05) is 23.4 Å². The summed E-state index contributed by atoms with van der Waals surface area (Å²) in [5, 5.41) is 7.83. The zero-order chi connectivity index (χ0) is 14.7. The van der Waals surface area contributed by atoms with Gasteiger partial charge in [0.2, 0.25) is 0 Å². The van der Waals surface area contributed by atoms with Crippen LogP contribution in [-0.2, 0) is 6.54 Å². The highest BCUT2D eigenvalue weighted by Gasteiger charge is 2.21. The molecule has 1 aliphatic heterocycles. The Hall–Kier alpha value is -1.89. The van der Waals surface area contributed by atoms with Gasteiger partial charge in [-0.3, -0.25) is 4.79 Å². The number of thioether (sulfide) groups is 1. The van der Waals surface area contributed by atoms with Crippen LogP contribution in [0.15, 0.2) is 30.5 Å². The van der Waals surface area contributed by atoms with E-state index in [1.807, 2.05) is 11.8 Å². The predicted molar refractivity (Wildman–Crippen MR) is 78.8 cm³/mol. The molecule has 1 aliphatic rings. The van der Waals surface area contributed by atoms with Gasteiger partial charge in [-0.05, 0) is 6.07 Å². The van der Waals surface area contributed by atoms with Gasteiger partial charge in [-0.15, -0.1) is 5.10 Å². The average Bonchev–Trinajstić information content (AvgIpc) is 2.98. The number of rotatable bonds is 3. The van der Waals surface area contributed by atoms with Crippen molar-refractivity contribution >= 4 is 17.7 Å². The molecular weight excluding hydrogens is 291 g/mol. The second kappa shape index (κ2) is 6.26. The maximum Gasteiger partial charge on any atom is 0.276 e. The van der Waals surface area contributed by atoms with Gasteiger partial charge in [0.15, 0.2) is 5.69 Å². The van der Waals surface area contributed by atoms with Crippen LogP contribution >= 0.6 is 11.8 Å². The maximum absolute atomic E-state index is 13.6. The minimum absolute atomic E-state index is 0.102. The molecule has 3 rings (SSSR count). The molecule has 0 bridgehead atoms. The van der Waals surface area contributed by atoms with Gasteiger partial charge in [-0.2, -0.15) is 11.8 Å². The molecule has 2 heterocycles. The van der Waals surface area contributed by atoms with Crippen LogP contribution in [0.5, 0.6) is 0 Å². The van der Waals surface area contributed by atoms with E-state index in [0.717, 1.165) is 24.6 Å². The number of carbonyl (C=O) groups excluding carboxylic acids is 1. The molecule has 0 aliphatic carbocycles. The van der Waals surface area contributed by atoms with Gasteiger partial charge in [-0.25, -0.2) is 9.07 Å². The van der Waals surface area contributed by atoms with Gasteiger partial charge in [0.1, 0.15) is 5.82 Å². The van der Waals surface area contributed by atoms with Crippen molar-refractivity contribution < 1.29 is 9.18 Å². The maximum atomic E-state index is 13.6. The first kappa shape index (κ1) is 14.1. The van der Waals surface area contributed by atoms with E-state index in [9.17, 15) is 9.18 Å². The molecule has 0 unspecified atom stereocenters. The van der Waals surface area contributed by atoms with E-state index in [1.165, 1.54) is 10.7 Å². The highest BCUT2D eigenvalue weighted by atomic mass is 32.2. The summed E-state index contributed by atoms with van der Waals surface area (Å²) in [6.07, 6.45) is 1.58. The van der Waals surface area contributed by atoms with Gasteiger partial charge >= 0.3 is 0 Å². The van der Waals surface area contributed by atoms with E-state index in [0.29, 0.717) is 11.3 Å². The third kappa shape index (κ3) is 3.24. The summed E-state index contributed by atoms with van der Waals surface area (Å²) >= 11 is 1.84. The van der Waals surface area contributed by atoms with Crippen molar-refractivity contribution in [3.63, 3.8) is 0 Å². The molecule has 0 atom stereocenters. The number of amides is 1. The highest BCUT2D eigenvalue weighted by Crippen LogP contribution is 2.12. The molecule has 5 nitrogen and oxygen atoms in total. The van der Waals surface area contributed by atoms with Crippen molar-refractivity contribution in [1.29, 1.82) is 0 Å². The first-order chi connectivity index (χ1) is 10.2. The number of hydrogen-bond donors (Lipinski definition) is 0. The highest BCUT2D eigenvalue weighted by molar-refractivity contribution is 7.99. The molecule has 0 saturated carbocycles. The van der Waals surface area contributed by atoms with Crippen molar-refractivity contribution in [3.8, 4) is 0 Å². The van der Waals surface area contributed by atoms with Gasteiger partial charge in [0, 0.05) is 30.2 Å². The Kier molecular flexibility index (Phi) is 4.19. The van der Waals surface area contributed by atoms with Crippen LogP contribution in [0.4, 0.5) is 4.39 Å². The van der Waals surface area contributed by atoms with Crippen molar-refractivity contribution in [2.45, 2.75) is 6.54 Å². The monoisotopic (exact) mass is 306 g/mol. The lowest BCUT2D eigenvalue weighted by Gasteiger charge is -2.25. The van der Waals surface area contributed by atoms with Gasteiger partial charge < -0.3 is 4.90 Å². The SMILES string of the molecule is O=C(c1cn(Cc2ccccc2F)nn1)N1CCSCC1. The molecule has 1 aromatic carbocycles. The fourth-order valence-corrected chi connectivity index (χ4v) is 3.11. The van der Waals surface area contributed by atoms with Gasteiger partial charge in [0.05, 0.1) is 12.7 Å². The van der Waals surface area contributed by atoms with Crippen LogP contribution in [0, 0.1) is 5.82 Å². The molecule has 0 radical (unpaired) electrons. The number of hydrogen-bond acceptors (Lipinski definition) is 4. The molecular formula is C14H15FN4OS. The Morgan fingerprint density at radius 2 is 2.05 bits per heavy atom. The Balaban J connectivity index is 1.71. The molecule has 1 fully saturated rings. The quantitative estimate of drug-likeness (QED) is 0.865. The first-order valence-corrected chi connectivity index (χ1v) is 7.90. The summed E-state index contributed by atoms with van der Waals surface area (Å²) in [5.74, 6) is 1.52. The largest absolute Gasteiger partial charge is 0.336 e. The number of aromatic nitrogens is 3. The van der Waals surface area contributed by atoms with E-state index >= 15 is 0 Å². The Bertz CT molecular complexity index is 639. The minimum atomic E-state index is -0.283. The normalized spacial score (nSPS) is 15.2. The second-order valence-electron chi connectivity index (χ2n) is 4.80. The molecule has 1 saturated heterocycles. The zero-order valence-corrected chi connectivity index (χ0v) is 12.2. The van der Waals surface area contributed by atoms with E-state index < -0.39 is 0 Å². The molecule has 0 spiro atoms. The Labute approximate surface area is 126 Å². The second-order valence-corrected chi connectivity index (χ2v) is 6.02. The third-order valence-corrected chi connectivity index (χ3v) is 4.29. The van der Waals surface area contributed by atoms with Crippen LogP contribution in [0.2, 0.25) is 0 Å². The lowest BCUT2D eigenvalue weighted by Crippen LogP contribution is -2.38. The first-order valence-electron chi connectivity index (χ1n) is 6.74. The van der Waals surface area contributed by atoms with Crippen LogP contribution in [0.3, 0.4) is 0 Å². The molecule has 110 valence electrons. The topological polar surface area (TPSA) is 51.0 Å². The Morgan fingerprint density at radius 3 is 2.81 bits per heavy atom. The summed E-state index contributed by atoms with van der Waals surface area (Å²) in [6, 6.07) is 6.51. The fraction of sp³-hybridized carbons (Fsp3) is 0.357. The molecule has 7 heteroatoms. The summed E-state index contributed by atoms with van der Waals surface area (Å²) < 4.78 is 15.1. The minimum Gasteiger partial charge on any atom is -0.336 e. The number of nitrogens with zero attached hydrogens (tertiary/aromatic N) is 4. The number of benzene rings is 1. The average molecular weight is 306 g/mol. The van der Waals surface area contributed by atoms with Crippen LogP contribution in [-0.4, -0.2) is 50.4 Å². The third-order valence-electron chi connectivity index (χ3n) is 3.35. The summed E-state index contributed by atoms with van der Waals surface area (Å²) in [5.41, 5.74) is 0.842. The Morgan fingerprint density at radius 1 is 1.29 bits per heavy atom. The number of carbonyl (C=O) groups is 1. The van der Waals surface area contributed by atoms with Crippen molar-refractivity contribution in [3.05, 3.63) is 47.5 Å². The van der Waals surface area contributed by atoms with E-state index in [1.54, 1.807) is 29.3 Å². The van der Waals surface area contributed by atoms with E-state index in [-0.39, 0.29) is 18.3 Å². The smallest absolute Gasteiger partial charge is 0.276 e. The van der Waals surface area contributed by atoms with Crippen molar-refractivity contribution in [1.82, 2.24) is 19.9 Å². The molecule has 21 heavy (non-hydrogen) atoms. The lowest BCUT2D eigenvalue weighted by molar-refractivity contribution is 0.0766. The number of halogens is 1.